The Morgan fingerprint density at radius 2 is 1.13 bits per heavy atom. The van der Waals surface area contributed by atoms with E-state index in [1.807, 2.05) is 0 Å². The highest BCUT2D eigenvalue weighted by atomic mass is 16.3. The number of nitrogens with one attached hydrogen (secondary N) is 5. The number of guanidine groups is 1. The van der Waals surface area contributed by atoms with Crippen LogP contribution in [-0.4, -0.2) is 101 Å². The Labute approximate surface area is 357 Å². The lowest BCUT2D eigenvalue weighted by Crippen LogP contribution is -2.61. The van der Waals surface area contributed by atoms with Crippen LogP contribution >= 0.6 is 0 Å². The molecule has 0 aliphatic carbocycles. The van der Waals surface area contributed by atoms with Crippen LogP contribution in [0.2, 0.25) is 0 Å². The smallest absolute Gasteiger partial charge is 0.245 e. The summed E-state index contributed by atoms with van der Waals surface area (Å²) in [5, 5.41) is 33.3. The number of Topliss-reactive ketones (excluding diaryl/α,β-unsaturated/α-hetero) is 1. The minimum atomic E-state index is -1.33. The Morgan fingerprint density at radius 1 is 0.633 bits per heavy atom. The Kier molecular flexibility index (Phi) is 27.9. The number of nitrogens with two attached hydrogens (primary N) is 2. The third-order valence-corrected chi connectivity index (χ3v) is 10.3. The molecule has 0 spiro atoms. The zero-order valence-corrected chi connectivity index (χ0v) is 36.8. The first-order valence-corrected chi connectivity index (χ1v) is 22.0. The summed E-state index contributed by atoms with van der Waals surface area (Å²) in [4.78, 5) is 83.4. The van der Waals surface area contributed by atoms with Gasteiger partial charge in [-0.05, 0) is 44.6 Å². The highest BCUT2D eigenvalue weighted by Gasteiger charge is 2.34. The van der Waals surface area contributed by atoms with Crippen LogP contribution < -0.4 is 38.1 Å². The van der Waals surface area contributed by atoms with Crippen molar-refractivity contribution >= 4 is 41.3 Å². The van der Waals surface area contributed by atoms with Gasteiger partial charge in [0.15, 0.2) is 11.7 Å². The Bertz CT molecular complexity index is 1450. The average Bonchev–Trinajstić information content (AvgIpc) is 3.20. The summed E-state index contributed by atoms with van der Waals surface area (Å²) < 4.78 is 0. The molecule has 1 aromatic rings. The van der Waals surface area contributed by atoms with E-state index < -0.39 is 78.2 Å². The van der Waals surface area contributed by atoms with Crippen LogP contribution in [0.4, 0.5) is 0 Å². The highest BCUT2D eigenvalue weighted by molar-refractivity contribution is 5.96. The second-order valence-electron chi connectivity index (χ2n) is 16.1. The Morgan fingerprint density at radius 3 is 1.63 bits per heavy atom. The summed E-state index contributed by atoms with van der Waals surface area (Å²) in [6, 6.07) is 2.72. The molecule has 340 valence electrons. The van der Waals surface area contributed by atoms with Crippen molar-refractivity contribution in [2.45, 2.75) is 180 Å². The van der Waals surface area contributed by atoms with Gasteiger partial charge in [-0.2, -0.15) is 0 Å². The highest BCUT2D eigenvalue weighted by Crippen LogP contribution is 2.14. The lowest BCUT2D eigenvalue weighted by Gasteiger charge is -2.29. The summed E-state index contributed by atoms with van der Waals surface area (Å²) in [6.07, 6.45) is 14.4. The van der Waals surface area contributed by atoms with Crippen molar-refractivity contribution in [1.29, 1.82) is 0 Å². The van der Waals surface area contributed by atoms with E-state index >= 15 is 0 Å². The predicted molar refractivity (Wildman–Crippen MR) is 234 cm³/mol. The van der Waals surface area contributed by atoms with Gasteiger partial charge >= 0.3 is 0 Å². The van der Waals surface area contributed by atoms with Gasteiger partial charge in [0, 0.05) is 19.4 Å². The fourth-order valence-corrected chi connectivity index (χ4v) is 6.65. The molecule has 5 amide bonds. The third-order valence-electron chi connectivity index (χ3n) is 10.3. The largest absolute Gasteiger partial charge is 0.394 e. The van der Waals surface area contributed by atoms with Crippen LogP contribution in [0.5, 0.6) is 0 Å². The molecule has 0 aromatic heterocycles. The molecule has 0 saturated carbocycles. The maximum absolute atomic E-state index is 13.9. The monoisotopic (exact) mass is 845 g/mol. The quantitative estimate of drug-likeness (QED) is 0.0284. The molecule has 11 N–H and O–H groups in total. The molecule has 0 fully saturated rings. The van der Waals surface area contributed by atoms with Gasteiger partial charge in [-0.15, -0.1) is 0 Å². The van der Waals surface area contributed by atoms with Gasteiger partial charge in [0.1, 0.15) is 30.2 Å². The van der Waals surface area contributed by atoms with E-state index in [1.54, 1.807) is 44.2 Å². The number of carbonyl (C=O) groups is 6. The molecule has 0 heterocycles. The van der Waals surface area contributed by atoms with Crippen molar-refractivity contribution in [3.05, 3.63) is 35.9 Å². The third kappa shape index (κ3) is 23.3. The molecule has 60 heavy (non-hydrogen) atoms. The molecule has 0 aliphatic heterocycles. The van der Waals surface area contributed by atoms with Gasteiger partial charge in [-0.1, -0.05) is 128 Å². The second-order valence-corrected chi connectivity index (χ2v) is 16.1. The maximum atomic E-state index is 13.9. The van der Waals surface area contributed by atoms with E-state index in [9.17, 15) is 39.0 Å². The molecular weight excluding hydrogens is 769 g/mol. The number of benzene rings is 1. The Balaban J connectivity index is 2.97. The maximum Gasteiger partial charge on any atom is 0.245 e. The summed E-state index contributed by atoms with van der Waals surface area (Å²) in [6.45, 7) is 7.71. The van der Waals surface area contributed by atoms with E-state index in [-0.39, 0.29) is 44.1 Å². The molecular formula is C44H76N8O8. The number of aliphatic imine (C=N–C) groups is 1. The van der Waals surface area contributed by atoms with E-state index in [0.29, 0.717) is 12.0 Å². The minimum Gasteiger partial charge on any atom is -0.394 e. The van der Waals surface area contributed by atoms with Crippen LogP contribution in [-0.2, 0) is 35.2 Å². The number of ketones is 1. The summed E-state index contributed by atoms with van der Waals surface area (Å²) in [5.41, 5.74) is 11.5. The van der Waals surface area contributed by atoms with Gasteiger partial charge in [-0.25, -0.2) is 0 Å². The van der Waals surface area contributed by atoms with Crippen molar-refractivity contribution in [3.63, 3.8) is 0 Å². The standard InChI is InChI=1S/C44H76N8O8/c1-6-7-8-9-10-11-12-13-14-15-16-17-21-26-37(56)51-39(32(5)55)43(60)52-38(30(2)3)42(59)49-35(28-33-23-19-18-20-24-33)41(58)48-34(25-22-27-47-44(45)46)40(57)50-36(29-53)31(4)54/h18-20,23-24,30,32,34-36,38-39,53,55H,6-17,21-22,25-29H2,1-5H3,(H,48,58)(H,49,59)(H,50,57)(H,51,56)(H,52,60)(H4,45,46,47)/t32-,34-,35+,36+,38+,39+/m1/s1. The first-order chi connectivity index (χ1) is 28.6. The molecule has 0 radical (unpaired) electrons. The number of unbranched alkanes of at least 4 members (excludes halogenated alkanes) is 12. The van der Waals surface area contributed by atoms with Crippen molar-refractivity contribution in [1.82, 2.24) is 26.6 Å². The zero-order valence-electron chi connectivity index (χ0n) is 36.8. The van der Waals surface area contributed by atoms with E-state index in [1.165, 1.54) is 71.6 Å². The molecule has 0 aliphatic rings. The number of hydrogen-bond donors (Lipinski definition) is 9. The number of aliphatic hydroxyl groups excluding tert-OH is 2. The van der Waals surface area contributed by atoms with Gasteiger partial charge in [0.25, 0.3) is 0 Å². The predicted octanol–water partition coefficient (Wildman–Crippen LogP) is 2.81. The topological polar surface area (TPSA) is 267 Å². The molecule has 1 rings (SSSR count). The van der Waals surface area contributed by atoms with Crippen LogP contribution in [0, 0.1) is 5.92 Å². The lowest BCUT2D eigenvalue weighted by atomic mass is 9.99. The first-order valence-electron chi connectivity index (χ1n) is 22.0. The number of hydrogen-bond acceptors (Lipinski definition) is 9. The van der Waals surface area contributed by atoms with E-state index in [4.69, 9.17) is 11.5 Å². The second kappa shape index (κ2) is 31.3. The summed E-state index contributed by atoms with van der Waals surface area (Å²) in [5.74, 6) is -4.43. The van der Waals surface area contributed by atoms with Gasteiger partial charge < -0.3 is 48.3 Å². The van der Waals surface area contributed by atoms with Gasteiger partial charge in [-0.3, -0.25) is 33.8 Å². The van der Waals surface area contributed by atoms with Crippen molar-refractivity contribution in [2.75, 3.05) is 13.2 Å². The minimum absolute atomic E-state index is 0.0117. The van der Waals surface area contributed by atoms with Gasteiger partial charge in [0.05, 0.1) is 12.7 Å². The van der Waals surface area contributed by atoms with Crippen molar-refractivity contribution in [2.24, 2.45) is 22.4 Å². The van der Waals surface area contributed by atoms with Crippen LogP contribution in [0.25, 0.3) is 0 Å². The van der Waals surface area contributed by atoms with Crippen LogP contribution in [0.1, 0.15) is 143 Å². The number of rotatable bonds is 33. The molecule has 16 heteroatoms. The first kappa shape index (κ1) is 53.4. The van der Waals surface area contributed by atoms with Crippen LogP contribution in [0.15, 0.2) is 35.3 Å². The molecule has 0 bridgehead atoms. The summed E-state index contributed by atoms with van der Waals surface area (Å²) in [7, 11) is 0. The zero-order chi connectivity index (χ0) is 44.9. The number of aliphatic hydroxyl groups is 2. The summed E-state index contributed by atoms with van der Waals surface area (Å²) >= 11 is 0. The normalized spacial score (nSPS) is 14.1. The molecule has 1 aromatic carbocycles. The molecule has 0 unspecified atom stereocenters. The van der Waals surface area contributed by atoms with Crippen LogP contribution in [0.3, 0.4) is 0 Å². The van der Waals surface area contributed by atoms with Crippen molar-refractivity contribution < 1.29 is 39.0 Å². The fourth-order valence-electron chi connectivity index (χ4n) is 6.65. The molecule has 0 saturated heterocycles. The number of nitrogens with zero attached hydrogens (tertiary/aromatic N) is 1. The van der Waals surface area contributed by atoms with E-state index in [0.717, 1.165) is 19.3 Å². The number of amides is 5. The molecule has 16 nitrogen and oxygen atoms in total. The van der Waals surface area contributed by atoms with Gasteiger partial charge in [0.2, 0.25) is 29.5 Å². The number of carbonyl (C=O) groups excluding carboxylic acids is 6. The average molecular weight is 845 g/mol. The van der Waals surface area contributed by atoms with E-state index in [2.05, 4.69) is 38.5 Å². The lowest BCUT2D eigenvalue weighted by molar-refractivity contribution is -0.136. The van der Waals surface area contributed by atoms with Crippen molar-refractivity contribution in [3.8, 4) is 0 Å². The SMILES string of the molecule is CCCCCCCCCCCCCCCC(=O)N[C@H](C(=O)N[C@H](C(=O)N[C@@H](Cc1ccccc1)C(=O)N[C@H](CCCN=C(N)N)C(=O)N[C@@H](CO)C(C)=O)C(C)C)[C@@H](C)O. The Hall–Kier alpha value is -4.57. The molecule has 6 atom stereocenters. The fraction of sp³-hybridized carbons (Fsp3) is 0.705.